The van der Waals surface area contributed by atoms with Gasteiger partial charge in [-0.2, -0.15) is 0 Å². The standard InChI is InChI=1S/C17H38N4.HI/c1-6-16(7-2)15-20-17(18-3)19-13-11-9-8-10-12-14-21(4)5;/h16H,6-15H2,1-5H3,(H2,18,19,20);1H. The highest BCUT2D eigenvalue weighted by molar-refractivity contribution is 14.0. The van der Waals surface area contributed by atoms with Crippen molar-refractivity contribution in [2.24, 2.45) is 10.9 Å². The molecule has 0 rings (SSSR count). The van der Waals surface area contributed by atoms with E-state index in [1.54, 1.807) is 0 Å². The minimum Gasteiger partial charge on any atom is -0.356 e. The fraction of sp³-hybridized carbons (Fsp3) is 0.941. The Morgan fingerprint density at radius 3 is 2.09 bits per heavy atom. The maximum absolute atomic E-state index is 4.28. The van der Waals surface area contributed by atoms with Crippen LogP contribution >= 0.6 is 24.0 Å². The molecular formula is C17H39IN4. The van der Waals surface area contributed by atoms with Crippen LogP contribution in [0.3, 0.4) is 0 Å². The van der Waals surface area contributed by atoms with Crippen LogP contribution < -0.4 is 10.6 Å². The summed E-state index contributed by atoms with van der Waals surface area (Å²) < 4.78 is 0. The van der Waals surface area contributed by atoms with E-state index in [0.29, 0.717) is 0 Å². The van der Waals surface area contributed by atoms with E-state index in [4.69, 9.17) is 0 Å². The molecule has 0 fully saturated rings. The van der Waals surface area contributed by atoms with Crippen LogP contribution in [0.15, 0.2) is 4.99 Å². The van der Waals surface area contributed by atoms with Gasteiger partial charge in [0.1, 0.15) is 0 Å². The number of halogens is 1. The number of nitrogens with zero attached hydrogens (tertiary/aromatic N) is 2. The Labute approximate surface area is 155 Å². The van der Waals surface area contributed by atoms with Gasteiger partial charge in [0.25, 0.3) is 0 Å². The molecule has 0 saturated carbocycles. The van der Waals surface area contributed by atoms with Gasteiger partial charge in [0.2, 0.25) is 0 Å². The fourth-order valence-electron chi connectivity index (χ4n) is 2.33. The van der Waals surface area contributed by atoms with Crippen LogP contribution in [0.2, 0.25) is 0 Å². The van der Waals surface area contributed by atoms with Crippen LogP contribution in [0.5, 0.6) is 0 Å². The molecule has 0 radical (unpaired) electrons. The molecule has 0 aliphatic carbocycles. The summed E-state index contributed by atoms with van der Waals surface area (Å²) in [5.41, 5.74) is 0. The Balaban J connectivity index is 0. The smallest absolute Gasteiger partial charge is 0.190 e. The van der Waals surface area contributed by atoms with Crippen molar-refractivity contribution in [3.8, 4) is 0 Å². The Bertz CT molecular complexity index is 253. The van der Waals surface area contributed by atoms with Gasteiger partial charge in [0.15, 0.2) is 5.96 Å². The Hall–Kier alpha value is -0.0400. The lowest BCUT2D eigenvalue weighted by Gasteiger charge is -2.16. The summed E-state index contributed by atoms with van der Waals surface area (Å²) in [5.74, 6) is 1.70. The van der Waals surface area contributed by atoms with E-state index in [2.05, 4.69) is 48.5 Å². The van der Waals surface area contributed by atoms with Gasteiger partial charge in [-0.05, 0) is 39.4 Å². The molecule has 22 heavy (non-hydrogen) atoms. The highest BCUT2D eigenvalue weighted by Crippen LogP contribution is 2.05. The normalized spacial score (nSPS) is 11.7. The van der Waals surface area contributed by atoms with Crippen LogP contribution in [0.25, 0.3) is 0 Å². The van der Waals surface area contributed by atoms with E-state index < -0.39 is 0 Å². The molecule has 5 heteroatoms. The molecule has 0 heterocycles. The van der Waals surface area contributed by atoms with Crippen molar-refractivity contribution in [1.82, 2.24) is 15.5 Å². The van der Waals surface area contributed by atoms with E-state index in [1.165, 1.54) is 51.5 Å². The molecule has 0 amide bonds. The van der Waals surface area contributed by atoms with Gasteiger partial charge in [0.05, 0.1) is 0 Å². The van der Waals surface area contributed by atoms with Crippen LogP contribution in [0, 0.1) is 5.92 Å². The highest BCUT2D eigenvalue weighted by Gasteiger charge is 2.04. The molecule has 0 saturated heterocycles. The first-order chi connectivity index (χ1) is 10.1. The van der Waals surface area contributed by atoms with Crippen LogP contribution in [0.4, 0.5) is 0 Å². The van der Waals surface area contributed by atoms with Crippen LogP contribution in [-0.4, -0.2) is 51.6 Å². The zero-order valence-corrected chi connectivity index (χ0v) is 17.8. The van der Waals surface area contributed by atoms with Gasteiger partial charge in [-0.1, -0.05) is 46.0 Å². The lowest BCUT2D eigenvalue weighted by Crippen LogP contribution is -2.40. The van der Waals surface area contributed by atoms with E-state index in [0.717, 1.165) is 25.0 Å². The Morgan fingerprint density at radius 1 is 0.955 bits per heavy atom. The summed E-state index contributed by atoms with van der Waals surface area (Å²) in [6.07, 6.45) is 9.01. The second-order valence-corrected chi connectivity index (χ2v) is 6.13. The molecular weight excluding hydrogens is 387 g/mol. The third-order valence-electron chi connectivity index (χ3n) is 4.01. The first-order valence-electron chi connectivity index (χ1n) is 8.73. The third-order valence-corrected chi connectivity index (χ3v) is 4.01. The number of rotatable bonds is 12. The molecule has 0 aromatic carbocycles. The van der Waals surface area contributed by atoms with Crippen molar-refractivity contribution < 1.29 is 0 Å². The molecule has 0 aromatic heterocycles. The van der Waals surface area contributed by atoms with Crippen molar-refractivity contribution in [3.63, 3.8) is 0 Å². The zero-order chi connectivity index (χ0) is 15.9. The summed E-state index contributed by atoms with van der Waals surface area (Å²) in [7, 11) is 6.14. The summed E-state index contributed by atoms with van der Waals surface area (Å²) >= 11 is 0. The predicted octanol–water partition coefficient (Wildman–Crippen LogP) is 3.72. The van der Waals surface area contributed by atoms with Gasteiger partial charge in [-0.15, -0.1) is 24.0 Å². The Morgan fingerprint density at radius 2 is 1.55 bits per heavy atom. The fourth-order valence-corrected chi connectivity index (χ4v) is 2.33. The first kappa shape index (κ1) is 24.2. The largest absolute Gasteiger partial charge is 0.356 e. The molecule has 0 atom stereocenters. The van der Waals surface area contributed by atoms with E-state index in [9.17, 15) is 0 Å². The molecule has 2 N–H and O–H groups in total. The van der Waals surface area contributed by atoms with Crippen LogP contribution in [-0.2, 0) is 0 Å². The molecule has 0 bridgehead atoms. The molecule has 4 nitrogen and oxygen atoms in total. The number of guanidine groups is 1. The quantitative estimate of drug-likeness (QED) is 0.216. The van der Waals surface area contributed by atoms with Gasteiger partial charge in [-0.25, -0.2) is 0 Å². The van der Waals surface area contributed by atoms with Crippen molar-refractivity contribution in [3.05, 3.63) is 0 Å². The SMILES string of the molecule is CCC(CC)CNC(=NC)NCCCCCCCN(C)C.I. The molecule has 0 unspecified atom stereocenters. The minimum atomic E-state index is 0. The van der Waals surface area contributed by atoms with Crippen LogP contribution in [0.1, 0.15) is 58.8 Å². The second-order valence-electron chi connectivity index (χ2n) is 6.13. The molecule has 0 aromatic rings. The summed E-state index contributed by atoms with van der Waals surface area (Å²) in [5, 5.41) is 6.84. The number of hydrogen-bond donors (Lipinski definition) is 2. The summed E-state index contributed by atoms with van der Waals surface area (Å²) in [4.78, 5) is 6.55. The van der Waals surface area contributed by atoms with Crippen molar-refractivity contribution >= 4 is 29.9 Å². The Kier molecular flexibility index (Phi) is 19.1. The average molecular weight is 426 g/mol. The monoisotopic (exact) mass is 426 g/mol. The van der Waals surface area contributed by atoms with E-state index in [1.807, 2.05) is 7.05 Å². The maximum Gasteiger partial charge on any atom is 0.190 e. The van der Waals surface area contributed by atoms with Gasteiger partial charge >= 0.3 is 0 Å². The zero-order valence-electron chi connectivity index (χ0n) is 15.5. The molecule has 0 aliphatic rings. The topological polar surface area (TPSA) is 39.7 Å². The van der Waals surface area contributed by atoms with Crippen molar-refractivity contribution in [1.29, 1.82) is 0 Å². The lowest BCUT2D eigenvalue weighted by atomic mass is 10.0. The maximum atomic E-state index is 4.28. The average Bonchev–Trinajstić information content (AvgIpc) is 2.48. The minimum absolute atomic E-state index is 0. The van der Waals surface area contributed by atoms with Gasteiger partial charge in [0, 0.05) is 20.1 Å². The summed E-state index contributed by atoms with van der Waals surface area (Å²) in [6.45, 7) is 7.77. The van der Waals surface area contributed by atoms with Crippen molar-refractivity contribution in [2.45, 2.75) is 58.8 Å². The molecule has 0 aliphatic heterocycles. The highest BCUT2D eigenvalue weighted by atomic mass is 127. The van der Waals surface area contributed by atoms with E-state index >= 15 is 0 Å². The van der Waals surface area contributed by atoms with Crippen molar-refractivity contribution in [2.75, 3.05) is 40.8 Å². The molecule has 0 spiro atoms. The second kappa shape index (κ2) is 17.3. The number of unbranched alkanes of at least 4 members (excludes halogenated alkanes) is 4. The third kappa shape index (κ3) is 14.9. The van der Waals surface area contributed by atoms with Gasteiger partial charge in [-0.3, -0.25) is 4.99 Å². The van der Waals surface area contributed by atoms with E-state index in [-0.39, 0.29) is 24.0 Å². The first-order valence-corrected chi connectivity index (χ1v) is 8.73. The van der Waals surface area contributed by atoms with Gasteiger partial charge < -0.3 is 15.5 Å². The number of nitrogens with one attached hydrogen (secondary N) is 2. The number of hydrogen-bond acceptors (Lipinski definition) is 2. The summed E-state index contributed by atoms with van der Waals surface area (Å²) in [6, 6.07) is 0. The predicted molar refractivity (Wildman–Crippen MR) is 110 cm³/mol. The molecule has 134 valence electrons. The lowest BCUT2D eigenvalue weighted by molar-refractivity contribution is 0.389. The number of aliphatic imine (C=N–C) groups is 1.